The maximum absolute atomic E-state index is 13.1. The van der Waals surface area contributed by atoms with E-state index in [9.17, 15) is 19.5 Å². The fraction of sp³-hybridized carbons (Fsp3) is 0.449. The van der Waals surface area contributed by atoms with E-state index in [-0.39, 0.29) is 77.0 Å². The lowest BCUT2D eigenvalue weighted by atomic mass is 10.00. The van der Waals surface area contributed by atoms with Gasteiger partial charge in [0.15, 0.2) is 11.6 Å². The number of carbonyl (C=O) groups excluding carboxylic acids is 3. The number of methoxy groups -OCH3 is 1. The number of ketones is 2. The number of nitrogens with zero attached hydrogens (tertiary/aromatic N) is 2. The first-order chi connectivity index (χ1) is 28.4. The summed E-state index contributed by atoms with van der Waals surface area (Å²) in [6.07, 6.45) is -0.481. The number of quaternary nitrogens is 2. The molecule has 0 spiro atoms. The monoisotopic (exact) mass is 1000 g/mol. The molecule has 63 heavy (non-hydrogen) atoms. The molecule has 1 N–H and O–H groups in total. The number of phenols is 1. The number of phenolic OH excluding ortho intramolecular Hbond substituents is 1. The molecule has 0 aliphatic heterocycles. The van der Waals surface area contributed by atoms with Gasteiger partial charge in [-0.05, 0) is 64.4 Å². The van der Waals surface area contributed by atoms with Crippen LogP contribution in [0.25, 0.3) is 0 Å². The molecule has 0 aliphatic carbocycles. The summed E-state index contributed by atoms with van der Waals surface area (Å²) in [7, 11) is 10.0. The van der Waals surface area contributed by atoms with Crippen LogP contribution in [0.1, 0.15) is 90.6 Å². The lowest BCUT2D eigenvalue weighted by Crippen LogP contribution is -3.00. The van der Waals surface area contributed by atoms with Crippen LogP contribution in [0.15, 0.2) is 84.9 Å². The highest BCUT2D eigenvalue weighted by atomic mass is 79.9. The smallest absolute Gasteiger partial charge is 0.308 e. The molecule has 0 saturated heterocycles. The number of hydrogen-bond acceptors (Lipinski definition) is 10. The van der Waals surface area contributed by atoms with E-state index < -0.39 is 5.97 Å². The van der Waals surface area contributed by atoms with E-state index in [1.807, 2.05) is 77.1 Å². The Balaban J connectivity index is 0.00000117. The van der Waals surface area contributed by atoms with Crippen molar-refractivity contribution >= 4 is 17.5 Å². The molecule has 0 atom stereocenters. The minimum Gasteiger partial charge on any atom is -1.00 e. The van der Waals surface area contributed by atoms with Crippen molar-refractivity contribution in [2.24, 2.45) is 0 Å². The van der Waals surface area contributed by atoms with Crippen LogP contribution in [-0.4, -0.2) is 119 Å². The zero-order chi connectivity index (χ0) is 44.5. The predicted molar refractivity (Wildman–Crippen MR) is 239 cm³/mol. The van der Waals surface area contributed by atoms with Crippen LogP contribution in [0.2, 0.25) is 0 Å². The van der Waals surface area contributed by atoms with Gasteiger partial charge in [0, 0.05) is 61.7 Å². The minimum atomic E-state index is -0.500. The van der Waals surface area contributed by atoms with Crippen molar-refractivity contribution in [2.75, 3.05) is 74.8 Å². The van der Waals surface area contributed by atoms with Gasteiger partial charge in [-0.15, -0.1) is 0 Å². The number of rotatable bonds is 22. The predicted octanol–water partition coefficient (Wildman–Crippen LogP) is 2.38. The van der Waals surface area contributed by atoms with Crippen LogP contribution in [0, 0.1) is 6.92 Å². The van der Waals surface area contributed by atoms with Gasteiger partial charge in [0.05, 0.1) is 46.4 Å². The molecule has 0 aromatic heterocycles. The van der Waals surface area contributed by atoms with Crippen LogP contribution in [-0.2, 0) is 36.8 Å². The van der Waals surface area contributed by atoms with Crippen molar-refractivity contribution in [1.82, 2.24) is 0 Å². The molecular formula is C49H70Br2N2O10. The van der Waals surface area contributed by atoms with E-state index in [1.54, 1.807) is 36.4 Å². The number of benzene rings is 4. The molecule has 14 heteroatoms. The van der Waals surface area contributed by atoms with Crippen molar-refractivity contribution in [3.63, 3.8) is 0 Å². The Morgan fingerprint density at radius 3 is 1.37 bits per heavy atom. The van der Waals surface area contributed by atoms with Gasteiger partial charge in [-0.1, -0.05) is 62.0 Å². The van der Waals surface area contributed by atoms with Crippen LogP contribution in [0.3, 0.4) is 0 Å². The van der Waals surface area contributed by atoms with Crippen LogP contribution < -0.4 is 43.4 Å². The molecule has 4 aromatic carbocycles. The number of ether oxygens (including phenoxy) is 6. The summed E-state index contributed by atoms with van der Waals surface area (Å²) < 4.78 is 34.5. The largest absolute Gasteiger partial charge is 1.00 e. The molecule has 0 bridgehead atoms. The number of carbonyl (C=O) groups is 3. The van der Waals surface area contributed by atoms with E-state index in [4.69, 9.17) is 28.4 Å². The third-order valence-electron chi connectivity index (χ3n) is 9.44. The third-order valence-corrected chi connectivity index (χ3v) is 9.44. The molecule has 0 amide bonds. The summed E-state index contributed by atoms with van der Waals surface area (Å²) in [5, 5.41) is 10.1. The molecule has 4 aromatic rings. The summed E-state index contributed by atoms with van der Waals surface area (Å²) in [6.45, 7) is 16.4. The SMILES string of the molecule is C.CCOC(C[N+](C)(C)Cc1ccc(C(=O)c2ccc(C)cc2O)cc1)OCC.CCOC(C[N+](C)(C)Cc1ccc(C(=O)c2ccc(OC)cc2OC(C)=O)cc1)OCC.[Br-].[Br-]. The highest BCUT2D eigenvalue weighted by Crippen LogP contribution is 2.28. The Morgan fingerprint density at radius 1 is 0.603 bits per heavy atom. The van der Waals surface area contributed by atoms with Crippen LogP contribution >= 0.6 is 0 Å². The number of halogens is 2. The Morgan fingerprint density at radius 2 is 1.00 bits per heavy atom. The number of hydrogen-bond donors (Lipinski definition) is 1. The Bertz CT molecular complexity index is 1980. The van der Waals surface area contributed by atoms with Crippen molar-refractivity contribution < 1.29 is 90.8 Å². The highest BCUT2D eigenvalue weighted by molar-refractivity contribution is 6.11. The van der Waals surface area contributed by atoms with Crippen molar-refractivity contribution in [3.05, 3.63) is 124 Å². The van der Waals surface area contributed by atoms with E-state index in [2.05, 4.69) is 28.2 Å². The van der Waals surface area contributed by atoms with Gasteiger partial charge in [0.1, 0.15) is 43.4 Å². The van der Waals surface area contributed by atoms with E-state index in [1.165, 1.54) is 20.1 Å². The average Bonchev–Trinajstić information content (AvgIpc) is 3.18. The first-order valence-corrected chi connectivity index (χ1v) is 20.5. The normalized spacial score (nSPS) is 11.1. The van der Waals surface area contributed by atoms with Crippen LogP contribution in [0.4, 0.5) is 0 Å². The second-order valence-electron chi connectivity index (χ2n) is 15.8. The van der Waals surface area contributed by atoms with Crippen molar-refractivity contribution in [3.8, 4) is 17.2 Å². The van der Waals surface area contributed by atoms with Gasteiger partial charge in [-0.3, -0.25) is 14.4 Å². The maximum atomic E-state index is 13.1. The first-order valence-electron chi connectivity index (χ1n) is 20.5. The fourth-order valence-electron chi connectivity index (χ4n) is 6.70. The van der Waals surface area contributed by atoms with Crippen LogP contribution in [0.5, 0.6) is 17.2 Å². The summed E-state index contributed by atoms with van der Waals surface area (Å²) in [5.41, 5.74) is 4.84. The van der Waals surface area contributed by atoms with Gasteiger partial charge in [-0.25, -0.2) is 0 Å². The lowest BCUT2D eigenvalue weighted by molar-refractivity contribution is -0.909. The Hall–Kier alpha value is -3.99. The Kier molecular flexibility index (Phi) is 26.9. The number of aromatic hydroxyl groups is 1. The number of aryl methyl sites for hydroxylation is 1. The molecule has 0 aliphatic rings. The molecule has 0 heterocycles. The zero-order valence-corrected chi connectivity index (χ0v) is 41.3. The molecule has 350 valence electrons. The molecule has 0 unspecified atom stereocenters. The maximum Gasteiger partial charge on any atom is 0.308 e. The summed E-state index contributed by atoms with van der Waals surface area (Å²) in [6, 6.07) is 25.0. The molecular weight excluding hydrogens is 936 g/mol. The van der Waals surface area contributed by atoms with Gasteiger partial charge in [0.2, 0.25) is 12.6 Å². The number of likely N-dealkylation sites (N-methyl/N-ethyl adjacent to an activating group) is 2. The molecule has 0 saturated carbocycles. The van der Waals surface area contributed by atoms with E-state index in [0.29, 0.717) is 69.9 Å². The van der Waals surface area contributed by atoms with E-state index in [0.717, 1.165) is 36.3 Å². The van der Waals surface area contributed by atoms with Gasteiger partial charge >= 0.3 is 5.97 Å². The second kappa shape index (κ2) is 28.7. The summed E-state index contributed by atoms with van der Waals surface area (Å²) >= 11 is 0. The first kappa shape index (κ1) is 59.0. The van der Waals surface area contributed by atoms with Gasteiger partial charge in [-0.2, -0.15) is 0 Å². The molecule has 0 radical (unpaired) electrons. The van der Waals surface area contributed by atoms with Gasteiger partial charge in [0.25, 0.3) is 0 Å². The quantitative estimate of drug-likeness (QED) is 0.0413. The molecule has 0 fully saturated rings. The Labute approximate surface area is 397 Å². The minimum absolute atomic E-state index is 0. The highest BCUT2D eigenvalue weighted by Gasteiger charge is 2.25. The topological polar surface area (TPSA) is 127 Å². The molecule has 12 nitrogen and oxygen atoms in total. The van der Waals surface area contributed by atoms with E-state index >= 15 is 0 Å². The average molecular weight is 1010 g/mol. The fourth-order valence-corrected chi connectivity index (χ4v) is 6.70. The second-order valence-corrected chi connectivity index (χ2v) is 15.8. The standard InChI is InChI=1S/C25H34NO6.C23H31NO4.CH4.2BrH/c1-7-30-24(31-8-2)17-26(4,5)16-19-9-11-20(12-10-19)25(28)22-14-13-21(29-6)15-23(22)32-18(3)27;1-6-27-22(28-7-2)16-24(4,5)15-18-9-11-19(12-10-18)23(26)20-13-8-17(3)14-21(20)25;;;/h9-15,24H,7-8,16-17H2,1-6H3;8-14,22H,6-7,15-16H2,1-5H3;1H4;2*1H/q+1;;;;/p-1. The third kappa shape index (κ3) is 19.7. The molecule has 4 rings (SSSR count). The number of esters is 1. The lowest BCUT2D eigenvalue weighted by Gasteiger charge is -2.33. The van der Waals surface area contributed by atoms with Crippen molar-refractivity contribution in [2.45, 2.75) is 74.6 Å². The summed E-state index contributed by atoms with van der Waals surface area (Å²) in [5.74, 6) is -0.195. The summed E-state index contributed by atoms with van der Waals surface area (Å²) in [4.78, 5) is 37.2. The van der Waals surface area contributed by atoms with Gasteiger partial charge < -0.3 is 76.5 Å². The van der Waals surface area contributed by atoms with Crippen molar-refractivity contribution in [1.29, 1.82) is 0 Å². The zero-order valence-electron chi connectivity index (χ0n) is 38.2.